The molecule has 0 aliphatic heterocycles. The van der Waals surface area contributed by atoms with Crippen LogP contribution in [0.1, 0.15) is 23.7 Å². The zero-order chi connectivity index (χ0) is 7.84. The number of phenols is 1. The lowest BCUT2D eigenvalue weighted by Crippen LogP contribution is -1.88. The predicted octanol–water partition coefficient (Wildman–Crippen LogP) is 1.37. The Hall–Kier alpha value is -1.02. The topological polar surface area (TPSA) is 40.5 Å². The summed E-state index contributed by atoms with van der Waals surface area (Å²) in [4.78, 5) is 0. The number of aryl methyl sites for hydroxylation is 1. The Labute approximate surface area is 65.1 Å². The number of benzene rings is 1. The number of hydrogen-bond acceptors (Lipinski definition) is 2. The molecule has 0 spiro atoms. The van der Waals surface area contributed by atoms with Gasteiger partial charge in [-0.3, -0.25) is 0 Å². The molecule has 2 rings (SSSR count). The Balaban J connectivity index is 2.52. The second-order valence-electron chi connectivity index (χ2n) is 2.94. The van der Waals surface area contributed by atoms with Crippen molar-refractivity contribution in [2.75, 3.05) is 0 Å². The Bertz CT molecular complexity index is 281. The second-order valence-corrected chi connectivity index (χ2v) is 2.94. The summed E-state index contributed by atoms with van der Waals surface area (Å²) in [5.41, 5.74) is 2.06. The molecule has 58 valence electrons. The molecule has 0 amide bonds. The molecule has 2 heteroatoms. The van der Waals surface area contributed by atoms with Crippen LogP contribution in [0.25, 0.3) is 0 Å². The minimum absolute atomic E-state index is 0.240. The van der Waals surface area contributed by atoms with Gasteiger partial charge in [-0.1, -0.05) is 6.07 Å². The van der Waals surface area contributed by atoms with Crippen LogP contribution in [-0.2, 0) is 6.42 Å². The van der Waals surface area contributed by atoms with Crippen molar-refractivity contribution in [3.8, 4) is 5.75 Å². The molecule has 1 aliphatic rings. The van der Waals surface area contributed by atoms with E-state index in [1.165, 1.54) is 0 Å². The van der Waals surface area contributed by atoms with Crippen molar-refractivity contribution >= 4 is 0 Å². The number of rotatable bonds is 0. The van der Waals surface area contributed by atoms with E-state index in [0.717, 1.165) is 24.0 Å². The summed E-state index contributed by atoms with van der Waals surface area (Å²) in [6, 6.07) is 5.19. The van der Waals surface area contributed by atoms with Gasteiger partial charge in [-0.05, 0) is 36.1 Å². The zero-order valence-corrected chi connectivity index (χ0v) is 6.12. The van der Waals surface area contributed by atoms with E-state index < -0.39 is 0 Å². The average Bonchev–Trinajstić information content (AvgIpc) is 2.33. The van der Waals surface area contributed by atoms with Crippen LogP contribution in [0.15, 0.2) is 18.2 Å². The van der Waals surface area contributed by atoms with Crippen molar-refractivity contribution in [3.05, 3.63) is 29.3 Å². The summed E-state index contributed by atoms with van der Waals surface area (Å²) in [5.74, 6) is 0.240. The summed E-state index contributed by atoms with van der Waals surface area (Å²) < 4.78 is 0. The van der Waals surface area contributed by atoms with Crippen molar-refractivity contribution < 1.29 is 10.2 Å². The van der Waals surface area contributed by atoms with Gasteiger partial charge in [0.2, 0.25) is 0 Å². The van der Waals surface area contributed by atoms with Gasteiger partial charge < -0.3 is 10.2 Å². The van der Waals surface area contributed by atoms with Crippen molar-refractivity contribution in [3.63, 3.8) is 0 Å². The number of phenolic OH excluding ortho intramolecular Hbond substituents is 1. The molecule has 1 aliphatic carbocycles. The summed E-state index contributed by atoms with van der Waals surface area (Å²) >= 11 is 0. The SMILES string of the molecule is Oc1ccc2c(c1)[C@@H](O)CC2. The smallest absolute Gasteiger partial charge is 0.115 e. The fourth-order valence-corrected chi connectivity index (χ4v) is 1.57. The number of aliphatic hydroxyl groups excluding tert-OH is 1. The van der Waals surface area contributed by atoms with Gasteiger partial charge in [0.05, 0.1) is 6.10 Å². The van der Waals surface area contributed by atoms with Gasteiger partial charge in [0.15, 0.2) is 0 Å². The molecule has 0 radical (unpaired) electrons. The van der Waals surface area contributed by atoms with Gasteiger partial charge in [0.25, 0.3) is 0 Å². The van der Waals surface area contributed by atoms with E-state index in [-0.39, 0.29) is 11.9 Å². The van der Waals surface area contributed by atoms with E-state index >= 15 is 0 Å². The molecule has 0 heterocycles. The van der Waals surface area contributed by atoms with Gasteiger partial charge in [0, 0.05) is 0 Å². The third-order valence-corrected chi connectivity index (χ3v) is 2.18. The minimum Gasteiger partial charge on any atom is -0.508 e. The molecule has 0 unspecified atom stereocenters. The molecule has 0 aromatic heterocycles. The maximum atomic E-state index is 9.39. The summed E-state index contributed by atoms with van der Waals surface area (Å²) in [6.45, 7) is 0. The lowest BCUT2D eigenvalue weighted by atomic mass is 10.1. The summed E-state index contributed by atoms with van der Waals surface area (Å²) in [7, 11) is 0. The maximum Gasteiger partial charge on any atom is 0.115 e. The molecule has 1 aromatic carbocycles. The van der Waals surface area contributed by atoms with Gasteiger partial charge in [-0.25, -0.2) is 0 Å². The molecule has 1 aromatic rings. The molecule has 0 bridgehead atoms. The summed E-state index contributed by atoms with van der Waals surface area (Å²) in [6.07, 6.45) is 1.35. The van der Waals surface area contributed by atoms with E-state index in [9.17, 15) is 5.11 Å². The molecule has 0 fully saturated rings. The van der Waals surface area contributed by atoms with E-state index in [1.54, 1.807) is 12.1 Å². The molecular weight excluding hydrogens is 140 g/mol. The monoisotopic (exact) mass is 150 g/mol. The molecule has 2 N–H and O–H groups in total. The molecule has 0 saturated heterocycles. The molecular formula is C9H10O2. The van der Waals surface area contributed by atoms with Crippen molar-refractivity contribution in [1.82, 2.24) is 0 Å². The molecule has 11 heavy (non-hydrogen) atoms. The Morgan fingerprint density at radius 3 is 3.00 bits per heavy atom. The Morgan fingerprint density at radius 1 is 1.36 bits per heavy atom. The van der Waals surface area contributed by atoms with Crippen LogP contribution in [0.2, 0.25) is 0 Å². The lowest BCUT2D eigenvalue weighted by molar-refractivity contribution is 0.179. The van der Waals surface area contributed by atoms with Crippen LogP contribution in [-0.4, -0.2) is 10.2 Å². The minimum atomic E-state index is -0.364. The van der Waals surface area contributed by atoms with Crippen LogP contribution in [0.5, 0.6) is 5.75 Å². The highest BCUT2D eigenvalue weighted by Crippen LogP contribution is 2.32. The average molecular weight is 150 g/mol. The van der Waals surface area contributed by atoms with Gasteiger partial charge in [-0.15, -0.1) is 0 Å². The number of hydrogen-bond donors (Lipinski definition) is 2. The predicted molar refractivity (Wildman–Crippen MR) is 41.4 cm³/mol. The molecule has 2 nitrogen and oxygen atoms in total. The van der Waals surface area contributed by atoms with Crippen LogP contribution in [0, 0.1) is 0 Å². The normalized spacial score (nSPS) is 21.7. The molecule has 0 saturated carbocycles. The summed E-state index contributed by atoms with van der Waals surface area (Å²) in [5, 5.41) is 18.5. The van der Waals surface area contributed by atoms with E-state index in [2.05, 4.69) is 0 Å². The first kappa shape index (κ1) is 6.68. The van der Waals surface area contributed by atoms with Crippen molar-refractivity contribution in [2.24, 2.45) is 0 Å². The van der Waals surface area contributed by atoms with E-state index in [4.69, 9.17) is 5.11 Å². The third-order valence-electron chi connectivity index (χ3n) is 2.18. The number of aromatic hydroxyl groups is 1. The Morgan fingerprint density at radius 2 is 2.18 bits per heavy atom. The highest BCUT2D eigenvalue weighted by Gasteiger charge is 2.19. The Kier molecular flexibility index (Phi) is 1.36. The zero-order valence-electron chi connectivity index (χ0n) is 6.12. The van der Waals surface area contributed by atoms with E-state index in [1.807, 2.05) is 6.07 Å². The quantitative estimate of drug-likeness (QED) is 0.586. The standard InChI is InChI=1S/C9H10O2/c10-7-3-1-6-2-4-9(11)8(6)5-7/h1,3,5,9-11H,2,4H2/t9-/m0/s1. The highest BCUT2D eigenvalue weighted by atomic mass is 16.3. The number of fused-ring (bicyclic) bond motifs is 1. The van der Waals surface area contributed by atoms with Gasteiger partial charge in [0.1, 0.15) is 5.75 Å². The maximum absolute atomic E-state index is 9.39. The van der Waals surface area contributed by atoms with Crippen LogP contribution in [0.3, 0.4) is 0 Å². The van der Waals surface area contributed by atoms with Crippen molar-refractivity contribution in [1.29, 1.82) is 0 Å². The molecule has 1 atom stereocenters. The first-order valence-electron chi connectivity index (χ1n) is 3.77. The first-order chi connectivity index (χ1) is 5.27. The van der Waals surface area contributed by atoms with Crippen LogP contribution in [0.4, 0.5) is 0 Å². The fraction of sp³-hybridized carbons (Fsp3) is 0.333. The van der Waals surface area contributed by atoms with Gasteiger partial charge in [-0.2, -0.15) is 0 Å². The van der Waals surface area contributed by atoms with Crippen LogP contribution >= 0.6 is 0 Å². The van der Waals surface area contributed by atoms with E-state index in [0.29, 0.717) is 0 Å². The third kappa shape index (κ3) is 0.994. The lowest BCUT2D eigenvalue weighted by Gasteiger charge is -2.02. The fourth-order valence-electron chi connectivity index (χ4n) is 1.57. The van der Waals surface area contributed by atoms with Crippen molar-refractivity contribution in [2.45, 2.75) is 18.9 Å². The number of aliphatic hydroxyl groups is 1. The van der Waals surface area contributed by atoms with Crippen LogP contribution < -0.4 is 0 Å². The second kappa shape index (κ2) is 2.24. The van der Waals surface area contributed by atoms with Gasteiger partial charge >= 0.3 is 0 Å². The largest absolute Gasteiger partial charge is 0.508 e. The first-order valence-corrected chi connectivity index (χ1v) is 3.77. The highest BCUT2D eigenvalue weighted by molar-refractivity contribution is 5.39.